The Hall–Kier alpha value is -3.62. The van der Waals surface area contributed by atoms with Crippen LogP contribution in [0.1, 0.15) is 41.1 Å². The minimum atomic E-state index is -0.834. The van der Waals surface area contributed by atoms with E-state index in [0.29, 0.717) is 30.1 Å². The molecule has 2 aliphatic rings. The zero-order chi connectivity index (χ0) is 25.2. The fourth-order valence-electron chi connectivity index (χ4n) is 4.50. The summed E-state index contributed by atoms with van der Waals surface area (Å²) in [6.07, 6.45) is -0.0914. The quantitative estimate of drug-likeness (QED) is 0.403. The smallest absolute Gasteiger partial charge is 0.291 e. The van der Waals surface area contributed by atoms with Gasteiger partial charge in [-0.2, -0.15) is 0 Å². The second-order valence-corrected chi connectivity index (χ2v) is 9.72. The van der Waals surface area contributed by atoms with Crippen molar-refractivity contribution in [3.05, 3.63) is 89.5 Å². The van der Waals surface area contributed by atoms with Crippen LogP contribution in [0.4, 0.5) is 21.9 Å². The molecule has 0 spiro atoms. The molecule has 0 saturated carbocycles. The molecule has 0 N–H and O–H groups in total. The summed E-state index contributed by atoms with van der Waals surface area (Å²) < 4.78 is 5.99. The third-order valence-corrected chi connectivity index (χ3v) is 7.07. The van der Waals surface area contributed by atoms with Crippen LogP contribution in [0, 0.1) is 6.92 Å². The summed E-state index contributed by atoms with van der Waals surface area (Å²) in [5, 5.41) is -0.319. The lowest BCUT2D eigenvalue weighted by atomic mass is 10.0. The molecule has 2 aliphatic heterocycles. The number of hydrogen-bond donors (Lipinski definition) is 0. The summed E-state index contributed by atoms with van der Waals surface area (Å²) in [5.74, 6) is -0.268. The highest BCUT2D eigenvalue weighted by atomic mass is 32.2. The van der Waals surface area contributed by atoms with E-state index < -0.39 is 6.23 Å². The highest BCUT2D eigenvalue weighted by Gasteiger charge is 2.38. The second kappa shape index (κ2) is 10.2. The van der Waals surface area contributed by atoms with E-state index in [1.807, 2.05) is 86.6 Å². The third kappa shape index (κ3) is 4.50. The number of aryl methyl sites for hydroxylation is 1. The van der Waals surface area contributed by atoms with E-state index in [9.17, 15) is 14.4 Å². The summed E-state index contributed by atoms with van der Waals surface area (Å²) >= 11 is 0.980. The van der Waals surface area contributed by atoms with E-state index in [2.05, 4.69) is 4.90 Å². The molecule has 3 aromatic rings. The Kier molecular flexibility index (Phi) is 6.80. The lowest BCUT2D eigenvalue weighted by molar-refractivity contribution is -0.136. The van der Waals surface area contributed by atoms with Crippen molar-refractivity contribution in [2.24, 2.45) is 0 Å². The highest BCUT2D eigenvalue weighted by Crippen LogP contribution is 2.38. The monoisotopic (exact) mass is 501 g/mol. The fraction of sp³-hybridized carbons (Fsp3) is 0.250. The molecule has 0 aliphatic carbocycles. The van der Waals surface area contributed by atoms with Gasteiger partial charge in [0, 0.05) is 23.5 Å². The molecule has 1 unspecified atom stereocenters. The van der Waals surface area contributed by atoms with E-state index >= 15 is 0 Å². The van der Waals surface area contributed by atoms with Gasteiger partial charge in [-0.25, -0.2) is 4.90 Å². The molecule has 2 heterocycles. The molecule has 1 atom stereocenters. The number of nitrogens with zero attached hydrogens (tertiary/aromatic N) is 3. The lowest BCUT2D eigenvalue weighted by Gasteiger charge is -2.38. The predicted octanol–water partition coefficient (Wildman–Crippen LogP) is 5.87. The van der Waals surface area contributed by atoms with Gasteiger partial charge in [0.05, 0.1) is 17.0 Å². The lowest BCUT2D eigenvalue weighted by Crippen LogP contribution is -2.45. The van der Waals surface area contributed by atoms with Crippen molar-refractivity contribution in [2.45, 2.75) is 26.5 Å². The van der Waals surface area contributed by atoms with Gasteiger partial charge in [-0.05, 0) is 49.7 Å². The standard InChI is InChI=1S/C28H27N3O4S/c1-3-14-35-27(31-25(32)17-36-28(31)34)20-8-7-11-22(16-20)30-18-29(21-9-5-4-6-10-21)24-13-12-19(2)15-23(24)26(30)33/h4-13,15-16,27H,3,14,17-18H2,1-2H3. The van der Waals surface area contributed by atoms with Crippen LogP contribution in [0.3, 0.4) is 0 Å². The Morgan fingerprint density at radius 1 is 0.917 bits per heavy atom. The number of thioether (sulfide) groups is 1. The minimum Gasteiger partial charge on any atom is -0.353 e. The first-order valence-corrected chi connectivity index (χ1v) is 12.9. The number of carbonyl (C=O) groups is 3. The summed E-state index contributed by atoms with van der Waals surface area (Å²) in [4.78, 5) is 43.7. The average Bonchev–Trinajstić information content (AvgIpc) is 3.23. The van der Waals surface area contributed by atoms with Crippen LogP contribution in [0.5, 0.6) is 0 Å². The first-order chi connectivity index (χ1) is 17.5. The summed E-state index contributed by atoms with van der Waals surface area (Å²) in [6, 6.07) is 23.2. The third-order valence-electron chi connectivity index (χ3n) is 6.24. The summed E-state index contributed by atoms with van der Waals surface area (Å²) in [5.41, 5.74) is 4.78. The average molecular weight is 502 g/mol. The predicted molar refractivity (Wildman–Crippen MR) is 142 cm³/mol. The molecule has 184 valence electrons. The number of para-hydroxylation sites is 1. The molecule has 1 saturated heterocycles. The number of rotatable bonds is 7. The van der Waals surface area contributed by atoms with Crippen molar-refractivity contribution >= 4 is 45.9 Å². The molecule has 5 rings (SSSR count). The topological polar surface area (TPSA) is 70.2 Å². The maximum atomic E-state index is 13.7. The molecule has 7 nitrogen and oxygen atoms in total. The SMILES string of the molecule is CCCOC(c1cccc(N2CN(c3ccccc3)c3ccc(C)cc3C2=O)c1)N1C(=O)CSC1=O. The molecule has 0 aromatic heterocycles. The van der Waals surface area contributed by atoms with Crippen LogP contribution in [-0.4, -0.2) is 41.0 Å². The number of ether oxygens (including phenoxy) is 1. The van der Waals surface area contributed by atoms with Crippen molar-refractivity contribution in [2.75, 3.05) is 28.8 Å². The number of amides is 3. The van der Waals surface area contributed by atoms with Gasteiger partial charge < -0.3 is 9.64 Å². The first-order valence-electron chi connectivity index (χ1n) is 11.9. The summed E-state index contributed by atoms with van der Waals surface area (Å²) in [6.45, 7) is 4.66. The van der Waals surface area contributed by atoms with Crippen molar-refractivity contribution < 1.29 is 19.1 Å². The largest absolute Gasteiger partial charge is 0.353 e. The van der Waals surface area contributed by atoms with Crippen molar-refractivity contribution in [3.8, 4) is 0 Å². The number of hydrogen-bond acceptors (Lipinski definition) is 6. The van der Waals surface area contributed by atoms with Gasteiger partial charge in [-0.3, -0.25) is 19.3 Å². The van der Waals surface area contributed by atoms with Gasteiger partial charge >= 0.3 is 0 Å². The van der Waals surface area contributed by atoms with Crippen molar-refractivity contribution in [3.63, 3.8) is 0 Å². The Balaban J connectivity index is 1.55. The van der Waals surface area contributed by atoms with Crippen molar-refractivity contribution in [1.82, 2.24) is 4.90 Å². The molecule has 8 heteroatoms. The number of benzene rings is 3. The maximum absolute atomic E-state index is 13.7. The normalized spacial score (nSPS) is 16.5. The molecule has 0 bridgehead atoms. The number of carbonyl (C=O) groups excluding carboxylic acids is 3. The maximum Gasteiger partial charge on any atom is 0.291 e. The zero-order valence-corrected chi connectivity index (χ0v) is 21.0. The van der Waals surface area contributed by atoms with Gasteiger partial charge in [-0.1, -0.05) is 60.6 Å². The minimum absolute atomic E-state index is 0.104. The van der Waals surface area contributed by atoms with Crippen LogP contribution < -0.4 is 9.80 Å². The van der Waals surface area contributed by atoms with E-state index in [0.717, 1.165) is 35.1 Å². The Morgan fingerprint density at radius 2 is 1.69 bits per heavy atom. The van der Waals surface area contributed by atoms with Gasteiger partial charge in [-0.15, -0.1) is 0 Å². The molecule has 3 amide bonds. The first kappa shape index (κ1) is 24.1. The van der Waals surface area contributed by atoms with Crippen molar-refractivity contribution in [1.29, 1.82) is 0 Å². The Morgan fingerprint density at radius 3 is 2.42 bits per heavy atom. The molecular formula is C28H27N3O4S. The summed E-state index contributed by atoms with van der Waals surface area (Å²) in [7, 11) is 0. The number of anilines is 3. The molecular weight excluding hydrogens is 474 g/mol. The van der Waals surface area contributed by atoms with Gasteiger partial charge in [0.1, 0.15) is 6.67 Å². The van der Waals surface area contributed by atoms with Crippen LogP contribution in [0.2, 0.25) is 0 Å². The Labute approximate surface area is 214 Å². The van der Waals surface area contributed by atoms with Crippen LogP contribution in [-0.2, 0) is 9.53 Å². The molecule has 0 radical (unpaired) electrons. The fourth-order valence-corrected chi connectivity index (χ4v) is 5.22. The van der Waals surface area contributed by atoms with E-state index in [4.69, 9.17) is 4.74 Å². The van der Waals surface area contributed by atoms with Crippen LogP contribution in [0.15, 0.2) is 72.8 Å². The van der Waals surface area contributed by atoms with Gasteiger partial charge in [0.25, 0.3) is 11.1 Å². The molecule has 3 aromatic carbocycles. The Bertz CT molecular complexity index is 1300. The van der Waals surface area contributed by atoms with E-state index in [-0.39, 0.29) is 22.8 Å². The van der Waals surface area contributed by atoms with E-state index in [1.54, 1.807) is 4.90 Å². The second-order valence-electron chi connectivity index (χ2n) is 8.80. The van der Waals surface area contributed by atoms with Gasteiger partial charge in [0.2, 0.25) is 5.91 Å². The molecule has 1 fully saturated rings. The highest BCUT2D eigenvalue weighted by molar-refractivity contribution is 8.14. The molecule has 36 heavy (non-hydrogen) atoms. The number of fused-ring (bicyclic) bond motifs is 1. The van der Waals surface area contributed by atoms with Crippen LogP contribution >= 0.6 is 11.8 Å². The number of imide groups is 1. The van der Waals surface area contributed by atoms with Crippen LogP contribution in [0.25, 0.3) is 0 Å². The van der Waals surface area contributed by atoms with E-state index in [1.165, 1.54) is 4.90 Å². The zero-order valence-electron chi connectivity index (χ0n) is 20.2. The van der Waals surface area contributed by atoms with Gasteiger partial charge in [0.15, 0.2) is 6.23 Å².